The summed E-state index contributed by atoms with van der Waals surface area (Å²) in [5, 5.41) is 19.0. The van der Waals surface area contributed by atoms with Crippen molar-refractivity contribution in [2.75, 3.05) is 0 Å². The average Bonchev–Trinajstić information content (AvgIpc) is 2.73. The van der Waals surface area contributed by atoms with Crippen molar-refractivity contribution in [2.45, 2.75) is 57.8 Å². The van der Waals surface area contributed by atoms with E-state index in [9.17, 15) is 10.2 Å². The molecule has 0 spiro atoms. The summed E-state index contributed by atoms with van der Waals surface area (Å²) in [5.41, 5.74) is 5.22. The quantitative estimate of drug-likeness (QED) is 0.446. The molecule has 3 aromatic rings. The molecule has 3 rings (SSSR count). The second kappa shape index (κ2) is 9.17. The molecule has 0 heterocycles. The number of phenolic OH excluding ortho intramolecular Hbond substituents is 2. The van der Waals surface area contributed by atoms with Gasteiger partial charge >= 0.3 is 0 Å². The van der Waals surface area contributed by atoms with Crippen molar-refractivity contribution in [3.05, 3.63) is 95.1 Å². The Hall–Kier alpha value is -2.74. The van der Waals surface area contributed by atoms with Gasteiger partial charge in [0.1, 0.15) is 11.5 Å². The number of hydrogen-bond donors (Lipinski definition) is 2. The summed E-state index contributed by atoms with van der Waals surface area (Å²) >= 11 is 0. The third kappa shape index (κ3) is 5.20. The maximum atomic E-state index is 9.51. The normalized spacial score (nSPS) is 15.4. The molecule has 152 valence electrons. The molecule has 4 atom stereocenters. The van der Waals surface area contributed by atoms with Gasteiger partial charge in [-0.1, -0.05) is 76.2 Å². The fourth-order valence-electron chi connectivity index (χ4n) is 4.09. The zero-order valence-electron chi connectivity index (χ0n) is 17.8. The third-order valence-corrected chi connectivity index (χ3v) is 6.37. The van der Waals surface area contributed by atoms with Gasteiger partial charge in [-0.15, -0.1) is 0 Å². The van der Waals surface area contributed by atoms with E-state index in [-0.39, 0.29) is 0 Å². The highest BCUT2D eigenvalue weighted by atomic mass is 16.3. The standard InChI is InChI=1S/C27H32O2/c1-18(17-19(2)23-9-13-26(28)14-10-23)22-5-7-24(8-6-22)20(3)21(4)25-11-15-27(29)16-12-25/h5-16,18-21,28-29H,17H2,1-4H3. The summed E-state index contributed by atoms with van der Waals surface area (Å²) < 4.78 is 0. The molecule has 0 amide bonds. The minimum atomic E-state index is 0.313. The van der Waals surface area contributed by atoms with Crippen LogP contribution in [-0.2, 0) is 0 Å². The molecule has 2 heteroatoms. The van der Waals surface area contributed by atoms with Crippen LogP contribution in [0.2, 0.25) is 0 Å². The number of benzene rings is 3. The van der Waals surface area contributed by atoms with Crippen molar-refractivity contribution in [3.63, 3.8) is 0 Å². The first-order valence-electron chi connectivity index (χ1n) is 10.5. The Morgan fingerprint density at radius 1 is 0.483 bits per heavy atom. The minimum absolute atomic E-state index is 0.313. The molecule has 0 saturated carbocycles. The molecule has 3 aromatic carbocycles. The molecule has 0 radical (unpaired) electrons. The Labute approximate surface area is 174 Å². The first-order chi connectivity index (χ1) is 13.8. The summed E-state index contributed by atoms with van der Waals surface area (Å²) in [6, 6.07) is 24.2. The van der Waals surface area contributed by atoms with Crippen LogP contribution in [0.3, 0.4) is 0 Å². The molecule has 0 aliphatic carbocycles. The van der Waals surface area contributed by atoms with Crippen LogP contribution in [0.4, 0.5) is 0 Å². The Kier molecular flexibility index (Phi) is 6.64. The van der Waals surface area contributed by atoms with E-state index >= 15 is 0 Å². The lowest BCUT2D eigenvalue weighted by atomic mass is 9.82. The maximum Gasteiger partial charge on any atom is 0.115 e. The molecule has 0 fully saturated rings. The molecule has 2 N–H and O–H groups in total. The zero-order valence-corrected chi connectivity index (χ0v) is 17.8. The van der Waals surface area contributed by atoms with E-state index in [0.717, 1.165) is 6.42 Å². The van der Waals surface area contributed by atoms with Gasteiger partial charge in [0.2, 0.25) is 0 Å². The van der Waals surface area contributed by atoms with E-state index in [1.54, 1.807) is 24.3 Å². The zero-order chi connectivity index (χ0) is 21.0. The van der Waals surface area contributed by atoms with Crippen molar-refractivity contribution in [3.8, 4) is 11.5 Å². The molecule has 2 nitrogen and oxygen atoms in total. The predicted octanol–water partition coefficient (Wildman–Crippen LogP) is 7.30. The van der Waals surface area contributed by atoms with Gasteiger partial charge in [0, 0.05) is 0 Å². The molecule has 4 unspecified atom stereocenters. The Bertz CT molecular complexity index is 895. The van der Waals surface area contributed by atoms with Gasteiger partial charge in [-0.3, -0.25) is 0 Å². The maximum absolute atomic E-state index is 9.51. The number of rotatable bonds is 7. The summed E-state index contributed by atoms with van der Waals surface area (Å²) in [4.78, 5) is 0. The van der Waals surface area contributed by atoms with Gasteiger partial charge in [0.05, 0.1) is 0 Å². The Balaban J connectivity index is 1.65. The van der Waals surface area contributed by atoms with Gasteiger partial charge in [0.25, 0.3) is 0 Å². The van der Waals surface area contributed by atoms with Crippen LogP contribution in [0.1, 0.15) is 80.0 Å². The molecular formula is C27H32O2. The van der Waals surface area contributed by atoms with E-state index in [4.69, 9.17) is 0 Å². The minimum Gasteiger partial charge on any atom is -0.508 e. The fraction of sp³-hybridized carbons (Fsp3) is 0.333. The van der Waals surface area contributed by atoms with Gasteiger partial charge < -0.3 is 10.2 Å². The van der Waals surface area contributed by atoms with E-state index < -0.39 is 0 Å². The number of phenols is 2. The number of hydrogen-bond acceptors (Lipinski definition) is 2. The highest BCUT2D eigenvalue weighted by Gasteiger charge is 2.18. The molecule has 0 aliphatic rings. The van der Waals surface area contributed by atoms with Crippen LogP contribution in [0.5, 0.6) is 11.5 Å². The summed E-state index contributed by atoms with van der Waals surface area (Å²) in [6.07, 6.45) is 1.07. The van der Waals surface area contributed by atoms with Crippen molar-refractivity contribution >= 4 is 0 Å². The fourth-order valence-corrected chi connectivity index (χ4v) is 4.09. The summed E-state index contributed by atoms with van der Waals surface area (Å²) in [5.74, 6) is 2.33. The lowest BCUT2D eigenvalue weighted by Crippen LogP contribution is -2.06. The smallest absolute Gasteiger partial charge is 0.115 e. The molecule has 0 bridgehead atoms. The highest BCUT2D eigenvalue weighted by molar-refractivity contribution is 5.34. The van der Waals surface area contributed by atoms with Crippen molar-refractivity contribution in [1.29, 1.82) is 0 Å². The van der Waals surface area contributed by atoms with E-state index in [2.05, 4.69) is 52.0 Å². The Morgan fingerprint density at radius 3 is 1.14 bits per heavy atom. The van der Waals surface area contributed by atoms with E-state index in [1.165, 1.54) is 22.3 Å². The summed E-state index contributed by atoms with van der Waals surface area (Å²) in [7, 11) is 0. The van der Waals surface area contributed by atoms with Gasteiger partial charge in [-0.2, -0.15) is 0 Å². The van der Waals surface area contributed by atoms with E-state index in [0.29, 0.717) is 35.2 Å². The summed E-state index contributed by atoms with van der Waals surface area (Å²) in [6.45, 7) is 9.04. The lowest BCUT2D eigenvalue weighted by Gasteiger charge is -2.22. The molecular weight excluding hydrogens is 356 g/mol. The van der Waals surface area contributed by atoms with Gasteiger partial charge in [-0.05, 0) is 76.6 Å². The average molecular weight is 389 g/mol. The molecule has 0 aromatic heterocycles. The second-order valence-corrected chi connectivity index (χ2v) is 8.46. The van der Waals surface area contributed by atoms with Crippen LogP contribution >= 0.6 is 0 Å². The van der Waals surface area contributed by atoms with Crippen LogP contribution in [-0.4, -0.2) is 10.2 Å². The van der Waals surface area contributed by atoms with Crippen LogP contribution in [0.25, 0.3) is 0 Å². The van der Waals surface area contributed by atoms with Crippen molar-refractivity contribution < 1.29 is 10.2 Å². The lowest BCUT2D eigenvalue weighted by molar-refractivity contribution is 0.474. The molecule has 0 aliphatic heterocycles. The Morgan fingerprint density at radius 2 is 0.759 bits per heavy atom. The van der Waals surface area contributed by atoms with Crippen LogP contribution in [0, 0.1) is 0 Å². The van der Waals surface area contributed by atoms with Crippen molar-refractivity contribution in [2.24, 2.45) is 0 Å². The number of aromatic hydroxyl groups is 2. The SMILES string of the molecule is CC(CC(C)c1ccc(C(C)C(C)c2ccc(O)cc2)cc1)c1ccc(O)cc1. The monoisotopic (exact) mass is 388 g/mol. The highest BCUT2D eigenvalue weighted by Crippen LogP contribution is 2.35. The third-order valence-electron chi connectivity index (χ3n) is 6.37. The van der Waals surface area contributed by atoms with Crippen molar-refractivity contribution in [1.82, 2.24) is 0 Å². The first kappa shape index (κ1) is 21.0. The van der Waals surface area contributed by atoms with Crippen LogP contribution in [0.15, 0.2) is 72.8 Å². The molecule has 0 saturated heterocycles. The topological polar surface area (TPSA) is 40.5 Å². The van der Waals surface area contributed by atoms with Gasteiger partial charge in [-0.25, -0.2) is 0 Å². The van der Waals surface area contributed by atoms with Crippen LogP contribution < -0.4 is 0 Å². The predicted molar refractivity (Wildman–Crippen MR) is 121 cm³/mol. The molecule has 29 heavy (non-hydrogen) atoms. The van der Waals surface area contributed by atoms with E-state index in [1.807, 2.05) is 24.3 Å². The first-order valence-corrected chi connectivity index (χ1v) is 10.5. The second-order valence-electron chi connectivity index (χ2n) is 8.46. The largest absolute Gasteiger partial charge is 0.508 e. The van der Waals surface area contributed by atoms with Gasteiger partial charge in [0.15, 0.2) is 0 Å².